The molecule has 15 heavy (non-hydrogen) atoms. The molecule has 0 fully saturated rings. The maximum atomic E-state index is 9.20. The average molecular weight is 229 g/mol. The van der Waals surface area contributed by atoms with Crippen LogP contribution >= 0.6 is 11.8 Å². The van der Waals surface area contributed by atoms with E-state index in [-0.39, 0.29) is 12.1 Å². The van der Waals surface area contributed by atoms with Crippen LogP contribution in [0.4, 0.5) is 0 Å². The quantitative estimate of drug-likeness (QED) is 0.780. The summed E-state index contributed by atoms with van der Waals surface area (Å²) in [6.45, 7) is 4.20. The molecular weight excluding hydrogens is 210 g/mol. The largest absolute Gasteiger partial charge is 0.468 e. The molecule has 0 aromatic carbocycles. The maximum Gasteiger partial charge on any atom is 0.116 e. The Hall–Kier alpha value is -0.450. The van der Waals surface area contributed by atoms with Crippen LogP contribution in [0.1, 0.15) is 18.2 Å². The number of furan rings is 1. The Labute approximate surface area is 95.2 Å². The van der Waals surface area contributed by atoms with Gasteiger partial charge in [-0.05, 0) is 32.5 Å². The SMILES string of the molecule is CNC(C)(CO)CSCc1occc1C. The first-order valence-electron chi connectivity index (χ1n) is 5.02. The standard InChI is InChI=1S/C11H19NO2S/c1-9-4-5-14-10(9)6-15-8-11(2,7-13)12-3/h4-5,12-13H,6-8H2,1-3H3. The summed E-state index contributed by atoms with van der Waals surface area (Å²) in [5.41, 5.74) is 0.989. The van der Waals surface area contributed by atoms with E-state index in [1.807, 2.05) is 27.0 Å². The number of hydrogen-bond acceptors (Lipinski definition) is 4. The van der Waals surface area contributed by atoms with Crippen LogP contribution < -0.4 is 5.32 Å². The van der Waals surface area contributed by atoms with Crippen molar-refractivity contribution in [2.24, 2.45) is 0 Å². The van der Waals surface area contributed by atoms with Crippen LogP contribution in [0.3, 0.4) is 0 Å². The summed E-state index contributed by atoms with van der Waals surface area (Å²) in [4.78, 5) is 0. The fourth-order valence-corrected chi connectivity index (χ4v) is 2.39. The van der Waals surface area contributed by atoms with Crippen molar-refractivity contribution in [3.63, 3.8) is 0 Å². The molecule has 1 aromatic heterocycles. The minimum absolute atomic E-state index is 0.146. The smallest absolute Gasteiger partial charge is 0.116 e. The molecular formula is C11H19NO2S. The molecule has 0 amide bonds. The van der Waals surface area contributed by atoms with E-state index < -0.39 is 0 Å². The van der Waals surface area contributed by atoms with Crippen molar-refractivity contribution in [2.75, 3.05) is 19.4 Å². The Morgan fingerprint density at radius 3 is 2.80 bits per heavy atom. The minimum atomic E-state index is -0.203. The van der Waals surface area contributed by atoms with Gasteiger partial charge in [-0.2, -0.15) is 11.8 Å². The number of aliphatic hydroxyl groups is 1. The zero-order chi connectivity index (χ0) is 11.3. The zero-order valence-corrected chi connectivity index (χ0v) is 10.4. The Bertz CT molecular complexity index is 295. The fraction of sp³-hybridized carbons (Fsp3) is 0.636. The lowest BCUT2D eigenvalue weighted by atomic mass is 10.1. The molecule has 0 bridgehead atoms. The molecule has 1 unspecified atom stereocenters. The predicted octanol–water partition coefficient (Wildman–Crippen LogP) is 1.79. The number of rotatable bonds is 6. The molecule has 0 aliphatic rings. The first kappa shape index (κ1) is 12.6. The molecule has 1 atom stereocenters. The number of likely N-dealkylation sites (N-methyl/N-ethyl adjacent to an activating group) is 1. The van der Waals surface area contributed by atoms with Gasteiger partial charge in [-0.15, -0.1) is 0 Å². The van der Waals surface area contributed by atoms with Crippen molar-refractivity contribution in [1.29, 1.82) is 0 Å². The predicted molar refractivity (Wildman–Crippen MR) is 64.2 cm³/mol. The molecule has 0 saturated heterocycles. The average Bonchev–Trinajstić information content (AvgIpc) is 2.64. The van der Waals surface area contributed by atoms with Crippen molar-refractivity contribution in [3.05, 3.63) is 23.7 Å². The third-order valence-corrected chi connectivity index (χ3v) is 3.88. The summed E-state index contributed by atoms with van der Waals surface area (Å²) in [5.74, 6) is 2.74. The van der Waals surface area contributed by atoms with Gasteiger partial charge in [-0.25, -0.2) is 0 Å². The fourth-order valence-electron chi connectivity index (χ4n) is 1.12. The summed E-state index contributed by atoms with van der Waals surface area (Å²) in [6, 6.07) is 1.97. The van der Waals surface area contributed by atoms with Gasteiger partial charge >= 0.3 is 0 Å². The van der Waals surface area contributed by atoms with Crippen LogP contribution in [0.25, 0.3) is 0 Å². The molecule has 0 radical (unpaired) electrons. The molecule has 4 heteroatoms. The number of thioether (sulfide) groups is 1. The van der Waals surface area contributed by atoms with Gasteiger partial charge in [0.2, 0.25) is 0 Å². The van der Waals surface area contributed by atoms with E-state index in [2.05, 4.69) is 5.32 Å². The van der Waals surface area contributed by atoms with E-state index >= 15 is 0 Å². The highest BCUT2D eigenvalue weighted by molar-refractivity contribution is 7.98. The van der Waals surface area contributed by atoms with Crippen LogP contribution in [0, 0.1) is 6.92 Å². The first-order chi connectivity index (χ1) is 7.11. The number of aryl methyl sites for hydroxylation is 1. The van der Waals surface area contributed by atoms with E-state index in [1.165, 1.54) is 5.56 Å². The van der Waals surface area contributed by atoms with Crippen molar-refractivity contribution in [1.82, 2.24) is 5.32 Å². The van der Waals surface area contributed by atoms with Gasteiger partial charge < -0.3 is 14.8 Å². The van der Waals surface area contributed by atoms with Gasteiger partial charge in [0.25, 0.3) is 0 Å². The van der Waals surface area contributed by atoms with E-state index in [1.54, 1.807) is 18.0 Å². The molecule has 0 saturated carbocycles. The molecule has 86 valence electrons. The maximum absolute atomic E-state index is 9.20. The lowest BCUT2D eigenvalue weighted by molar-refractivity contribution is 0.200. The van der Waals surface area contributed by atoms with Crippen LogP contribution in [0.15, 0.2) is 16.7 Å². The highest BCUT2D eigenvalue weighted by Gasteiger charge is 2.20. The lowest BCUT2D eigenvalue weighted by Gasteiger charge is -2.26. The number of aliphatic hydroxyl groups excluding tert-OH is 1. The van der Waals surface area contributed by atoms with Gasteiger partial charge in [0.1, 0.15) is 5.76 Å². The summed E-state index contributed by atoms with van der Waals surface area (Å²) >= 11 is 1.76. The van der Waals surface area contributed by atoms with Gasteiger partial charge in [-0.3, -0.25) is 0 Å². The molecule has 3 nitrogen and oxygen atoms in total. The van der Waals surface area contributed by atoms with E-state index in [9.17, 15) is 5.11 Å². The highest BCUT2D eigenvalue weighted by atomic mass is 32.2. The molecule has 2 N–H and O–H groups in total. The van der Waals surface area contributed by atoms with Crippen molar-refractivity contribution < 1.29 is 9.52 Å². The molecule has 1 rings (SSSR count). The lowest BCUT2D eigenvalue weighted by Crippen LogP contribution is -2.45. The summed E-state index contributed by atoms with van der Waals surface area (Å²) in [6.07, 6.45) is 1.72. The Kier molecular flexibility index (Phi) is 4.70. The summed E-state index contributed by atoms with van der Waals surface area (Å²) in [5, 5.41) is 12.3. The highest BCUT2D eigenvalue weighted by Crippen LogP contribution is 2.20. The van der Waals surface area contributed by atoms with Crippen LogP contribution in [-0.2, 0) is 5.75 Å². The summed E-state index contributed by atoms with van der Waals surface area (Å²) in [7, 11) is 1.87. The zero-order valence-electron chi connectivity index (χ0n) is 9.54. The second-order valence-electron chi connectivity index (χ2n) is 3.99. The minimum Gasteiger partial charge on any atom is -0.468 e. The van der Waals surface area contributed by atoms with Crippen molar-refractivity contribution in [2.45, 2.75) is 25.1 Å². The monoisotopic (exact) mass is 229 g/mol. The van der Waals surface area contributed by atoms with Crippen molar-refractivity contribution >= 4 is 11.8 Å². The van der Waals surface area contributed by atoms with Gasteiger partial charge in [0.05, 0.1) is 18.6 Å². The Balaban J connectivity index is 2.36. The van der Waals surface area contributed by atoms with Gasteiger partial charge in [-0.1, -0.05) is 0 Å². The second-order valence-corrected chi connectivity index (χ2v) is 4.97. The molecule has 1 heterocycles. The molecule has 1 aromatic rings. The van der Waals surface area contributed by atoms with E-state index in [0.717, 1.165) is 17.3 Å². The van der Waals surface area contributed by atoms with Crippen molar-refractivity contribution in [3.8, 4) is 0 Å². The normalized spacial score (nSPS) is 15.2. The Morgan fingerprint density at radius 1 is 1.60 bits per heavy atom. The summed E-state index contributed by atoms with van der Waals surface area (Å²) < 4.78 is 5.34. The number of hydrogen-bond donors (Lipinski definition) is 2. The van der Waals surface area contributed by atoms with Gasteiger partial charge in [0, 0.05) is 11.3 Å². The third kappa shape index (κ3) is 3.55. The topological polar surface area (TPSA) is 45.4 Å². The molecule has 0 spiro atoms. The molecule has 0 aliphatic heterocycles. The first-order valence-corrected chi connectivity index (χ1v) is 6.17. The van der Waals surface area contributed by atoms with E-state index in [0.29, 0.717) is 0 Å². The van der Waals surface area contributed by atoms with Gasteiger partial charge in [0.15, 0.2) is 0 Å². The second kappa shape index (κ2) is 5.58. The third-order valence-electron chi connectivity index (χ3n) is 2.57. The van der Waals surface area contributed by atoms with Crippen LogP contribution in [0.5, 0.6) is 0 Å². The van der Waals surface area contributed by atoms with Crippen LogP contribution in [0.2, 0.25) is 0 Å². The number of nitrogens with one attached hydrogen (secondary N) is 1. The van der Waals surface area contributed by atoms with Crippen LogP contribution in [-0.4, -0.2) is 30.1 Å². The Morgan fingerprint density at radius 2 is 2.33 bits per heavy atom. The van der Waals surface area contributed by atoms with E-state index in [4.69, 9.17) is 4.42 Å². The molecule has 0 aliphatic carbocycles.